The number of pyridine rings is 1. The molecule has 0 radical (unpaired) electrons. The maximum Gasteiger partial charge on any atom is 0.230 e. The lowest BCUT2D eigenvalue weighted by Crippen LogP contribution is -2.24. The molecule has 0 aliphatic heterocycles. The number of hydrogen-bond donors (Lipinski definition) is 2. The van der Waals surface area contributed by atoms with Crippen molar-refractivity contribution in [3.05, 3.63) is 54.0 Å². The summed E-state index contributed by atoms with van der Waals surface area (Å²) in [6.07, 6.45) is 1.73. The van der Waals surface area contributed by atoms with Gasteiger partial charge in [-0.3, -0.25) is 4.79 Å². The van der Waals surface area contributed by atoms with E-state index in [-0.39, 0.29) is 17.5 Å². The van der Waals surface area contributed by atoms with E-state index in [1.54, 1.807) is 18.3 Å². The van der Waals surface area contributed by atoms with Gasteiger partial charge in [0.15, 0.2) is 11.0 Å². The lowest BCUT2D eigenvalue weighted by molar-refractivity contribution is -0.118. The van der Waals surface area contributed by atoms with Gasteiger partial charge in [-0.25, -0.2) is 9.37 Å². The zero-order chi connectivity index (χ0) is 21.1. The van der Waals surface area contributed by atoms with Crippen LogP contribution in [0, 0.1) is 5.82 Å². The van der Waals surface area contributed by atoms with Crippen LogP contribution < -0.4 is 11.1 Å². The molecule has 0 bridgehead atoms. The average Bonchev–Trinajstić information content (AvgIpc) is 3.32. The number of nitrogens with one attached hydrogen (secondary N) is 1. The van der Waals surface area contributed by atoms with Crippen molar-refractivity contribution in [2.24, 2.45) is 0 Å². The number of carbonyl (C=O) groups excluding carboxylic acids is 1. The lowest BCUT2D eigenvalue weighted by atomic mass is 10.2. The second kappa shape index (κ2) is 8.80. The first-order chi connectivity index (χ1) is 14.6. The number of nitrogens with zero attached hydrogens (tertiary/aromatic N) is 4. The topological polar surface area (TPSA) is 98.7 Å². The predicted molar refractivity (Wildman–Crippen MR) is 118 cm³/mol. The zero-order valence-corrected chi connectivity index (χ0v) is 17.8. The number of carbonyl (C=O) groups is 1. The van der Waals surface area contributed by atoms with Crippen molar-refractivity contribution in [2.75, 3.05) is 11.5 Å². The van der Waals surface area contributed by atoms with Crippen LogP contribution in [0.15, 0.2) is 47.8 Å². The number of amides is 1. The van der Waals surface area contributed by atoms with Crippen LogP contribution >= 0.6 is 23.1 Å². The number of thiophene rings is 1. The first-order valence-electron chi connectivity index (χ1n) is 9.27. The summed E-state index contributed by atoms with van der Waals surface area (Å²) in [6, 6.07) is 9.82. The van der Waals surface area contributed by atoms with Gasteiger partial charge in [-0.15, -0.1) is 21.5 Å². The van der Waals surface area contributed by atoms with Crippen molar-refractivity contribution in [1.29, 1.82) is 0 Å². The molecule has 0 aliphatic carbocycles. The molecule has 154 valence electrons. The molecule has 7 nitrogen and oxygen atoms in total. The Balaban J connectivity index is 1.45. The largest absolute Gasteiger partial charge is 0.397 e. The minimum Gasteiger partial charge on any atom is -0.397 e. The maximum absolute atomic E-state index is 13.0. The van der Waals surface area contributed by atoms with Crippen LogP contribution in [0.4, 0.5) is 10.1 Å². The summed E-state index contributed by atoms with van der Waals surface area (Å²) in [7, 11) is 0. The van der Waals surface area contributed by atoms with Crippen molar-refractivity contribution in [3.63, 3.8) is 0 Å². The van der Waals surface area contributed by atoms with Crippen molar-refractivity contribution in [2.45, 2.75) is 25.2 Å². The van der Waals surface area contributed by atoms with Crippen LogP contribution in [0.1, 0.15) is 12.5 Å². The molecule has 0 fully saturated rings. The molecule has 4 rings (SSSR count). The highest BCUT2D eigenvalue weighted by molar-refractivity contribution is 7.99. The van der Waals surface area contributed by atoms with Crippen molar-refractivity contribution in [3.8, 4) is 10.7 Å². The molecule has 3 aromatic heterocycles. The smallest absolute Gasteiger partial charge is 0.230 e. The summed E-state index contributed by atoms with van der Waals surface area (Å²) >= 11 is 2.79. The Kier molecular flexibility index (Phi) is 5.96. The summed E-state index contributed by atoms with van der Waals surface area (Å²) in [6.45, 7) is 2.98. The number of nitrogen functional groups attached to an aromatic ring is 1. The number of nitrogens with two attached hydrogens (primary N) is 1. The van der Waals surface area contributed by atoms with E-state index in [1.165, 1.54) is 35.2 Å². The number of aromatic nitrogens is 4. The summed E-state index contributed by atoms with van der Waals surface area (Å²) < 4.78 is 14.9. The van der Waals surface area contributed by atoms with Crippen LogP contribution in [-0.4, -0.2) is 31.4 Å². The van der Waals surface area contributed by atoms with Crippen LogP contribution in [0.25, 0.3) is 20.9 Å². The van der Waals surface area contributed by atoms with Crippen molar-refractivity contribution < 1.29 is 9.18 Å². The summed E-state index contributed by atoms with van der Waals surface area (Å²) in [5, 5.41) is 13.0. The predicted octanol–water partition coefficient (Wildman–Crippen LogP) is 3.70. The van der Waals surface area contributed by atoms with Crippen LogP contribution in [-0.2, 0) is 17.9 Å². The summed E-state index contributed by atoms with van der Waals surface area (Å²) in [4.78, 5) is 18.3. The van der Waals surface area contributed by atoms with Crippen molar-refractivity contribution in [1.82, 2.24) is 25.1 Å². The first kappa shape index (κ1) is 20.3. The second-order valence-electron chi connectivity index (χ2n) is 6.44. The van der Waals surface area contributed by atoms with Crippen LogP contribution in [0.5, 0.6) is 0 Å². The normalized spacial score (nSPS) is 11.1. The number of halogens is 1. The summed E-state index contributed by atoms with van der Waals surface area (Å²) in [5.41, 5.74) is 7.80. The Labute approximate surface area is 180 Å². The Morgan fingerprint density at radius 2 is 2.07 bits per heavy atom. The van der Waals surface area contributed by atoms with Gasteiger partial charge in [-0.2, -0.15) is 0 Å². The van der Waals surface area contributed by atoms with Crippen LogP contribution in [0.3, 0.4) is 0 Å². The van der Waals surface area contributed by atoms with Gasteiger partial charge < -0.3 is 15.6 Å². The highest BCUT2D eigenvalue weighted by Gasteiger charge is 2.20. The van der Waals surface area contributed by atoms with Gasteiger partial charge in [-0.05, 0) is 36.8 Å². The molecule has 0 aliphatic rings. The zero-order valence-electron chi connectivity index (χ0n) is 16.1. The highest BCUT2D eigenvalue weighted by atomic mass is 32.2. The molecule has 30 heavy (non-hydrogen) atoms. The number of benzene rings is 1. The third-order valence-electron chi connectivity index (χ3n) is 4.48. The quantitative estimate of drug-likeness (QED) is 0.424. The van der Waals surface area contributed by atoms with E-state index in [1.807, 2.05) is 23.6 Å². The highest BCUT2D eigenvalue weighted by Crippen LogP contribution is 2.39. The molecule has 4 aromatic rings. The minimum absolute atomic E-state index is 0.137. The molecule has 1 amide bonds. The Hall–Kier alpha value is -2.98. The summed E-state index contributed by atoms with van der Waals surface area (Å²) in [5.74, 6) is 0.433. The SMILES string of the molecule is CCn1c(SCC(=O)NCc2ccc(F)cc2)nnc1-c1sc2ncccc2c1N. The van der Waals surface area contributed by atoms with Gasteiger partial charge in [0.1, 0.15) is 10.6 Å². The molecule has 0 saturated heterocycles. The molecule has 1 aromatic carbocycles. The van der Waals surface area contributed by atoms with Crippen molar-refractivity contribution >= 4 is 44.9 Å². The number of hydrogen-bond acceptors (Lipinski definition) is 7. The molecule has 3 heterocycles. The Bertz CT molecular complexity index is 1190. The van der Waals surface area contributed by atoms with Gasteiger partial charge in [0.05, 0.1) is 16.3 Å². The molecular formula is C20H19FN6OS2. The minimum atomic E-state index is -0.301. The van der Waals surface area contributed by atoms with E-state index < -0.39 is 0 Å². The lowest BCUT2D eigenvalue weighted by Gasteiger charge is -2.07. The van der Waals surface area contributed by atoms with Gasteiger partial charge >= 0.3 is 0 Å². The van der Waals surface area contributed by atoms with E-state index in [0.717, 1.165) is 20.7 Å². The molecule has 0 spiro atoms. The number of fused-ring (bicyclic) bond motifs is 1. The molecular weight excluding hydrogens is 423 g/mol. The molecule has 3 N–H and O–H groups in total. The second-order valence-corrected chi connectivity index (χ2v) is 8.38. The maximum atomic E-state index is 13.0. The monoisotopic (exact) mass is 442 g/mol. The van der Waals surface area contributed by atoms with Gasteiger partial charge in [-0.1, -0.05) is 23.9 Å². The standard InChI is InChI=1S/C20H19FN6OS2/c1-2-27-18(17-16(22)14-4-3-9-23-19(14)30-17)25-26-20(27)29-11-15(28)24-10-12-5-7-13(21)8-6-12/h3-9H,2,10-11,22H2,1H3,(H,24,28). The number of anilines is 1. The van der Waals surface area contributed by atoms with Gasteiger partial charge in [0.25, 0.3) is 0 Å². The van der Waals surface area contributed by atoms with E-state index in [9.17, 15) is 9.18 Å². The van der Waals surface area contributed by atoms with Gasteiger partial charge in [0.2, 0.25) is 5.91 Å². The van der Waals surface area contributed by atoms with Gasteiger partial charge in [0, 0.05) is 24.7 Å². The molecule has 10 heteroatoms. The Morgan fingerprint density at radius 3 is 2.80 bits per heavy atom. The van der Waals surface area contributed by atoms with E-state index in [2.05, 4.69) is 20.5 Å². The van der Waals surface area contributed by atoms with Crippen LogP contribution in [0.2, 0.25) is 0 Å². The van der Waals surface area contributed by atoms with E-state index >= 15 is 0 Å². The third-order valence-corrected chi connectivity index (χ3v) is 6.57. The third kappa shape index (κ3) is 4.14. The molecule has 0 unspecified atom stereocenters. The molecule has 0 atom stereocenters. The average molecular weight is 443 g/mol. The molecule has 0 saturated carbocycles. The first-order valence-corrected chi connectivity index (χ1v) is 11.1. The van der Waals surface area contributed by atoms with E-state index in [4.69, 9.17) is 5.73 Å². The fourth-order valence-corrected chi connectivity index (χ4v) is 4.84. The fraction of sp³-hybridized carbons (Fsp3) is 0.200. The number of thioether (sulfide) groups is 1. The van der Waals surface area contributed by atoms with E-state index in [0.29, 0.717) is 29.8 Å². The fourth-order valence-electron chi connectivity index (χ4n) is 2.95. The Morgan fingerprint density at radius 1 is 1.27 bits per heavy atom. The number of rotatable bonds is 7.